The van der Waals surface area contributed by atoms with E-state index in [1.54, 1.807) is 6.07 Å². The first-order valence-electron chi connectivity index (χ1n) is 4.80. The number of carbonyl (C=O) groups excluding carboxylic acids is 1. The van der Waals surface area contributed by atoms with E-state index in [1.807, 2.05) is 0 Å². The summed E-state index contributed by atoms with van der Waals surface area (Å²) in [6.45, 7) is 1.37. The van der Waals surface area contributed by atoms with Gasteiger partial charge < -0.3 is 4.42 Å². The molecule has 0 amide bonds. The van der Waals surface area contributed by atoms with Crippen molar-refractivity contribution >= 4 is 17.5 Å². The van der Waals surface area contributed by atoms with Crippen LogP contribution in [0, 0.1) is 11.6 Å². The molecule has 2 rings (SSSR count). The first-order chi connectivity index (χ1) is 8.06. The highest BCUT2D eigenvalue weighted by atomic mass is 32.2. The van der Waals surface area contributed by atoms with Gasteiger partial charge in [-0.1, -0.05) is 0 Å². The van der Waals surface area contributed by atoms with Crippen LogP contribution in [-0.4, -0.2) is 5.78 Å². The van der Waals surface area contributed by atoms with Crippen molar-refractivity contribution in [2.45, 2.75) is 16.9 Å². The fourth-order valence-corrected chi connectivity index (χ4v) is 2.05. The van der Waals surface area contributed by atoms with E-state index >= 15 is 0 Å². The van der Waals surface area contributed by atoms with Crippen LogP contribution in [0.2, 0.25) is 0 Å². The first-order valence-corrected chi connectivity index (χ1v) is 5.61. The zero-order chi connectivity index (χ0) is 12.4. The molecule has 0 aliphatic heterocycles. The molecule has 1 aromatic heterocycles. The largest absolute Gasteiger partial charge is 0.446 e. The van der Waals surface area contributed by atoms with Crippen LogP contribution in [0.3, 0.4) is 0 Å². The summed E-state index contributed by atoms with van der Waals surface area (Å²) in [5.74, 6) is -1.06. The van der Waals surface area contributed by atoms with E-state index < -0.39 is 11.6 Å². The number of furan rings is 1. The predicted octanol–water partition coefficient (Wildman–Crippen LogP) is 3.91. The van der Waals surface area contributed by atoms with Crippen LogP contribution >= 0.6 is 11.8 Å². The Kier molecular flexibility index (Phi) is 3.28. The van der Waals surface area contributed by atoms with Gasteiger partial charge in [0, 0.05) is 6.92 Å². The third kappa shape index (κ3) is 2.74. The molecule has 0 N–H and O–H groups in total. The molecular formula is C12H8F2O2S. The van der Waals surface area contributed by atoms with Crippen molar-refractivity contribution in [3.63, 3.8) is 0 Å². The predicted molar refractivity (Wildman–Crippen MR) is 59.2 cm³/mol. The topological polar surface area (TPSA) is 30.2 Å². The fraction of sp³-hybridized carbons (Fsp3) is 0.0833. The summed E-state index contributed by atoms with van der Waals surface area (Å²) >= 11 is 0.933. The van der Waals surface area contributed by atoms with Crippen molar-refractivity contribution in [2.24, 2.45) is 0 Å². The quantitative estimate of drug-likeness (QED) is 0.778. The van der Waals surface area contributed by atoms with Crippen LogP contribution in [0.5, 0.6) is 0 Å². The lowest BCUT2D eigenvalue weighted by Crippen LogP contribution is -1.86. The molecule has 0 spiro atoms. The number of carbonyl (C=O) groups is 1. The molecule has 0 unspecified atom stereocenters. The number of rotatable bonds is 3. The Morgan fingerprint density at radius 3 is 2.65 bits per heavy atom. The lowest BCUT2D eigenvalue weighted by atomic mass is 10.3. The molecule has 1 aromatic carbocycles. The molecule has 0 aliphatic rings. The summed E-state index contributed by atoms with van der Waals surface area (Å²) in [7, 11) is 0. The van der Waals surface area contributed by atoms with Crippen LogP contribution in [-0.2, 0) is 0 Å². The summed E-state index contributed by atoms with van der Waals surface area (Å²) in [4.78, 5) is 11.1. The zero-order valence-corrected chi connectivity index (χ0v) is 9.68. The average molecular weight is 254 g/mol. The number of hydrogen-bond donors (Lipinski definition) is 0. The van der Waals surface area contributed by atoms with Crippen LogP contribution in [0.25, 0.3) is 0 Å². The second-order valence-electron chi connectivity index (χ2n) is 3.35. The van der Waals surface area contributed by atoms with E-state index in [0.717, 1.165) is 30.0 Å². The van der Waals surface area contributed by atoms with Gasteiger partial charge in [-0.15, -0.1) is 0 Å². The molecule has 0 bridgehead atoms. The maximum absolute atomic E-state index is 13.3. The van der Waals surface area contributed by atoms with Crippen molar-refractivity contribution in [3.8, 4) is 0 Å². The number of hydrogen-bond acceptors (Lipinski definition) is 3. The Bertz CT molecular complexity index is 563. The lowest BCUT2D eigenvalue weighted by Gasteiger charge is -2.00. The summed E-state index contributed by atoms with van der Waals surface area (Å²) in [5.41, 5.74) is 0. The number of Topliss-reactive ketones (excluding diaryl/α,β-unsaturated/α-hetero) is 1. The summed E-state index contributed by atoms with van der Waals surface area (Å²) in [5, 5.41) is 0.347. The van der Waals surface area contributed by atoms with Crippen molar-refractivity contribution in [1.82, 2.24) is 0 Å². The molecule has 0 atom stereocenters. The second kappa shape index (κ2) is 4.71. The SMILES string of the molecule is CC(=O)c1ccc(Sc2cc(F)ccc2F)o1. The Morgan fingerprint density at radius 2 is 2.00 bits per heavy atom. The fourth-order valence-electron chi connectivity index (χ4n) is 1.23. The second-order valence-corrected chi connectivity index (χ2v) is 4.40. The van der Waals surface area contributed by atoms with E-state index in [4.69, 9.17) is 4.42 Å². The van der Waals surface area contributed by atoms with Gasteiger partial charge in [0.2, 0.25) is 0 Å². The molecule has 0 fully saturated rings. The monoisotopic (exact) mass is 254 g/mol. The molecule has 2 aromatic rings. The van der Waals surface area contributed by atoms with Gasteiger partial charge in [0.15, 0.2) is 16.6 Å². The number of benzene rings is 1. The van der Waals surface area contributed by atoms with E-state index in [2.05, 4.69) is 0 Å². The number of ketones is 1. The van der Waals surface area contributed by atoms with Gasteiger partial charge in [0.25, 0.3) is 0 Å². The van der Waals surface area contributed by atoms with Crippen molar-refractivity contribution in [3.05, 3.63) is 47.7 Å². The molecule has 5 heteroatoms. The highest BCUT2D eigenvalue weighted by molar-refractivity contribution is 7.99. The molecule has 1 heterocycles. The van der Waals surface area contributed by atoms with Gasteiger partial charge in [-0.25, -0.2) is 8.78 Å². The van der Waals surface area contributed by atoms with E-state index in [0.29, 0.717) is 5.09 Å². The van der Waals surface area contributed by atoms with Gasteiger partial charge in [-0.2, -0.15) is 0 Å². The summed E-state index contributed by atoms with van der Waals surface area (Å²) < 4.78 is 31.4. The highest BCUT2D eigenvalue weighted by Crippen LogP contribution is 2.31. The van der Waals surface area contributed by atoms with Gasteiger partial charge in [0.1, 0.15) is 11.6 Å². The molecular weight excluding hydrogens is 246 g/mol. The van der Waals surface area contributed by atoms with E-state index in [1.165, 1.54) is 13.0 Å². The summed E-state index contributed by atoms with van der Waals surface area (Å²) in [6, 6.07) is 6.22. The highest BCUT2D eigenvalue weighted by Gasteiger charge is 2.10. The van der Waals surface area contributed by atoms with E-state index in [-0.39, 0.29) is 16.4 Å². The van der Waals surface area contributed by atoms with Gasteiger partial charge in [-0.3, -0.25) is 4.79 Å². The maximum Gasteiger partial charge on any atom is 0.194 e. The van der Waals surface area contributed by atoms with Crippen LogP contribution in [0.4, 0.5) is 8.78 Å². The minimum Gasteiger partial charge on any atom is -0.446 e. The number of halogens is 2. The minimum atomic E-state index is -0.530. The Hall–Kier alpha value is -1.62. The Balaban J connectivity index is 2.25. The van der Waals surface area contributed by atoms with Gasteiger partial charge in [0.05, 0.1) is 4.90 Å². The maximum atomic E-state index is 13.3. The molecule has 2 nitrogen and oxygen atoms in total. The molecule has 88 valence electrons. The lowest BCUT2D eigenvalue weighted by molar-refractivity contribution is 0.0982. The van der Waals surface area contributed by atoms with Crippen molar-refractivity contribution in [1.29, 1.82) is 0 Å². The molecule has 17 heavy (non-hydrogen) atoms. The first kappa shape index (κ1) is 11.9. The molecule has 0 saturated carbocycles. The molecule has 0 saturated heterocycles. The Morgan fingerprint density at radius 1 is 1.24 bits per heavy atom. The summed E-state index contributed by atoms with van der Waals surface area (Å²) in [6.07, 6.45) is 0. The van der Waals surface area contributed by atoms with E-state index in [9.17, 15) is 13.6 Å². The van der Waals surface area contributed by atoms with Crippen LogP contribution in [0.1, 0.15) is 17.5 Å². The van der Waals surface area contributed by atoms with Crippen molar-refractivity contribution < 1.29 is 18.0 Å². The van der Waals surface area contributed by atoms with Gasteiger partial charge in [-0.05, 0) is 42.1 Å². The zero-order valence-electron chi connectivity index (χ0n) is 8.87. The third-order valence-corrected chi connectivity index (χ3v) is 2.99. The average Bonchev–Trinajstić information content (AvgIpc) is 2.72. The standard InChI is InChI=1S/C12H8F2O2S/c1-7(15)10-4-5-12(16-10)17-11-6-8(13)2-3-9(11)14/h2-6H,1H3. The Labute approximate surface area is 101 Å². The van der Waals surface area contributed by atoms with Crippen LogP contribution in [0.15, 0.2) is 44.7 Å². The smallest absolute Gasteiger partial charge is 0.194 e. The third-order valence-electron chi connectivity index (χ3n) is 2.03. The molecule has 0 radical (unpaired) electrons. The molecule has 0 aliphatic carbocycles. The van der Waals surface area contributed by atoms with Crippen LogP contribution < -0.4 is 0 Å². The van der Waals surface area contributed by atoms with Crippen molar-refractivity contribution in [2.75, 3.05) is 0 Å². The minimum absolute atomic E-state index is 0.120. The van der Waals surface area contributed by atoms with Gasteiger partial charge >= 0.3 is 0 Å². The normalized spacial score (nSPS) is 10.5.